The highest BCUT2D eigenvalue weighted by atomic mass is 35.5. The molecule has 17 heavy (non-hydrogen) atoms. The molecule has 0 aliphatic rings. The fourth-order valence-electron chi connectivity index (χ4n) is 1.36. The predicted molar refractivity (Wildman–Crippen MR) is 63.6 cm³/mol. The zero-order chi connectivity index (χ0) is 12.5. The van der Waals surface area contributed by atoms with Crippen molar-refractivity contribution in [1.82, 2.24) is 20.0 Å². The van der Waals surface area contributed by atoms with Gasteiger partial charge in [-0.05, 0) is 25.5 Å². The third kappa shape index (κ3) is 2.81. The molecule has 0 saturated carbocycles. The minimum atomic E-state index is -0.986. The molecule has 0 aliphatic carbocycles. The number of aromatic nitrogens is 4. The zero-order valence-electron chi connectivity index (χ0n) is 9.63. The Labute approximate surface area is 104 Å². The van der Waals surface area contributed by atoms with Crippen LogP contribution in [-0.4, -0.2) is 25.1 Å². The summed E-state index contributed by atoms with van der Waals surface area (Å²) in [6.07, 6.45) is 4.97. The summed E-state index contributed by atoms with van der Waals surface area (Å²) in [5, 5.41) is 18.2. The summed E-state index contributed by atoms with van der Waals surface area (Å²) >= 11 is 6.00. The minimum Gasteiger partial charge on any atom is -0.384 e. The number of aliphatic hydroxyl groups is 1. The second-order valence-corrected chi connectivity index (χ2v) is 4.73. The number of nitrogens with zero attached hydrogens (tertiary/aromatic N) is 4. The maximum absolute atomic E-state index is 9.77. The van der Waals surface area contributed by atoms with E-state index in [2.05, 4.69) is 15.3 Å². The molecular weight excluding hydrogens is 240 g/mol. The van der Waals surface area contributed by atoms with Crippen LogP contribution in [0.4, 0.5) is 0 Å². The molecule has 0 aromatic carbocycles. The van der Waals surface area contributed by atoms with Crippen molar-refractivity contribution in [2.75, 3.05) is 0 Å². The number of hydrogen-bond acceptors (Lipinski definition) is 4. The molecule has 2 aromatic rings. The molecule has 2 aromatic heterocycles. The van der Waals surface area contributed by atoms with E-state index in [1.165, 1.54) is 0 Å². The van der Waals surface area contributed by atoms with Gasteiger partial charge in [0.05, 0.1) is 17.8 Å². The SMILES string of the molecule is CC(C)(O)c1cn(Cc2ccncc2Cl)nn1. The standard InChI is InChI=1S/C11H13ClN4O/c1-11(2,17)10-7-16(15-14-10)6-8-3-4-13-5-9(8)12/h3-5,7,17H,6H2,1-2H3. The molecule has 0 amide bonds. The highest BCUT2D eigenvalue weighted by molar-refractivity contribution is 6.31. The summed E-state index contributed by atoms with van der Waals surface area (Å²) in [6.45, 7) is 3.84. The van der Waals surface area contributed by atoms with Crippen molar-refractivity contribution >= 4 is 11.6 Å². The van der Waals surface area contributed by atoms with Gasteiger partial charge in [-0.15, -0.1) is 5.10 Å². The van der Waals surface area contributed by atoms with Crippen molar-refractivity contribution < 1.29 is 5.11 Å². The van der Waals surface area contributed by atoms with E-state index >= 15 is 0 Å². The van der Waals surface area contributed by atoms with E-state index < -0.39 is 5.60 Å². The van der Waals surface area contributed by atoms with Crippen LogP contribution in [-0.2, 0) is 12.1 Å². The molecule has 1 N–H and O–H groups in total. The molecule has 0 fully saturated rings. The van der Waals surface area contributed by atoms with Crippen LogP contribution in [0.25, 0.3) is 0 Å². The van der Waals surface area contributed by atoms with Gasteiger partial charge in [-0.3, -0.25) is 4.98 Å². The average Bonchev–Trinajstić information content (AvgIpc) is 2.69. The lowest BCUT2D eigenvalue weighted by atomic mass is 10.1. The van der Waals surface area contributed by atoms with Crippen LogP contribution < -0.4 is 0 Å². The lowest BCUT2D eigenvalue weighted by Gasteiger charge is -2.11. The molecule has 0 bridgehead atoms. The molecule has 0 spiro atoms. The quantitative estimate of drug-likeness (QED) is 0.901. The molecule has 90 valence electrons. The van der Waals surface area contributed by atoms with Gasteiger partial charge in [0.2, 0.25) is 0 Å². The molecule has 0 saturated heterocycles. The summed E-state index contributed by atoms with van der Waals surface area (Å²) in [7, 11) is 0. The van der Waals surface area contributed by atoms with Crippen molar-refractivity contribution in [2.24, 2.45) is 0 Å². The first-order chi connectivity index (χ1) is 7.97. The van der Waals surface area contributed by atoms with E-state index in [1.807, 2.05) is 6.07 Å². The fourth-order valence-corrected chi connectivity index (χ4v) is 1.54. The topological polar surface area (TPSA) is 63.8 Å². The monoisotopic (exact) mass is 252 g/mol. The van der Waals surface area contributed by atoms with Gasteiger partial charge >= 0.3 is 0 Å². The van der Waals surface area contributed by atoms with Gasteiger partial charge in [-0.1, -0.05) is 16.8 Å². The third-order valence-corrected chi connectivity index (χ3v) is 2.69. The fraction of sp³-hybridized carbons (Fsp3) is 0.364. The second-order valence-electron chi connectivity index (χ2n) is 4.33. The van der Waals surface area contributed by atoms with Crippen molar-refractivity contribution in [3.8, 4) is 0 Å². The molecule has 2 heterocycles. The Morgan fingerprint density at radius 2 is 2.24 bits per heavy atom. The summed E-state index contributed by atoms with van der Waals surface area (Å²) in [5.41, 5.74) is 0.455. The second kappa shape index (κ2) is 4.43. The van der Waals surface area contributed by atoms with Gasteiger partial charge in [-0.25, -0.2) is 4.68 Å². The lowest BCUT2D eigenvalue weighted by Crippen LogP contribution is -2.15. The van der Waals surface area contributed by atoms with Crippen LogP contribution in [0.3, 0.4) is 0 Å². The lowest BCUT2D eigenvalue weighted by molar-refractivity contribution is 0.0737. The van der Waals surface area contributed by atoms with Gasteiger partial charge in [-0.2, -0.15) is 0 Å². The molecular formula is C11H13ClN4O. The number of halogens is 1. The van der Waals surface area contributed by atoms with E-state index in [0.717, 1.165) is 5.56 Å². The Morgan fingerprint density at radius 3 is 2.82 bits per heavy atom. The predicted octanol–water partition coefficient (Wildman–Crippen LogP) is 1.60. The summed E-state index contributed by atoms with van der Waals surface area (Å²) in [4.78, 5) is 3.91. The smallest absolute Gasteiger partial charge is 0.114 e. The molecule has 0 aliphatic heterocycles. The van der Waals surface area contributed by atoms with E-state index in [-0.39, 0.29) is 0 Å². The Balaban J connectivity index is 2.21. The van der Waals surface area contributed by atoms with Gasteiger partial charge in [0.25, 0.3) is 0 Å². The maximum Gasteiger partial charge on any atom is 0.114 e. The zero-order valence-corrected chi connectivity index (χ0v) is 10.4. The van der Waals surface area contributed by atoms with Crippen LogP contribution in [0.15, 0.2) is 24.7 Å². The van der Waals surface area contributed by atoms with Crippen molar-refractivity contribution in [2.45, 2.75) is 26.0 Å². The summed E-state index contributed by atoms with van der Waals surface area (Å²) in [5.74, 6) is 0. The minimum absolute atomic E-state index is 0.504. The summed E-state index contributed by atoms with van der Waals surface area (Å²) < 4.78 is 1.63. The van der Waals surface area contributed by atoms with Crippen LogP contribution in [0.2, 0.25) is 5.02 Å². The van der Waals surface area contributed by atoms with Crippen molar-refractivity contribution in [3.05, 3.63) is 40.9 Å². The molecule has 5 nitrogen and oxygen atoms in total. The Kier molecular flexibility index (Phi) is 3.13. The third-order valence-electron chi connectivity index (χ3n) is 2.35. The van der Waals surface area contributed by atoms with Gasteiger partial charge in [0, 0.05) is 12.4 Å². The Bertz CT molecular complexity index is 518. The highest BCUT2D eigenvalue weighted by Gasteiger charge is 2.20. The molecule has 0 atom stereocenters. The van der Waals surface area contributed by atoms with E-state index in [9.17, 15) is 5.11 Å². The van der Waals surface area contributed by atoms with Gasteiger partial charge < -0.3 is 5.11 Å². The molecule has 0 radical (unpaired) electrons. The van der Waals surface area contributed by atoms with E-state index in [0.29, 0.717) is 17.3 Å². The first-order valence-corrected chi connectivity index (χ1v) is 5.56. The summed E-state index contributed by atoms with van der Waals surface area (Å²) in [6, 6.07) is 1.83. The first-order valence-electron chi connectivity index (χ1n) is 5.18. The van der Waals surface area contributed by atoms with Gasteiger partial charge in [0.1, 0.15) is 11.3 Å². The molecule has 0 unspecified atom stereocenters. The molecule has 6 heteroatoms. The van der Waals surface area contributed by atoms with Crippen LogP contribution >= 0.6 is 11.6 Å². The number of hydrogen-bond donors (Lipinski definition) is 1. The van der Waals surface area contributed by atoms with Gasteiger partial charge in [0.15, 0.2) is 0 Å². The first kappa shape index (κ1) is 12.0. The average molecular weight is 253 g/mol. The van der Waals surface area contributed by atoms with Crippen LogP contribution in [0.5, 0.6) is 0 Å². The largest absolute Gasteiger partial charge is 0.384 e. The van der Waals surface area contributed by atoms with Crippen molar-refractivity contribution in [1.29, 1.82) is 0 Å². The van der Waals surface area contributed by atoms with E-state index in [4.69, 9.17) is 11.6 Å². The van der Waals surface area contributed by atoms with Crippen molar-refractivity contribution in [3.63, 3.8) is 0 Å². The normalized spacial score (nSPS) is 11.8. The van der Waals surface area contributed by atoms with Crippen LogP contribution in [0.1, 0.15) is 25.1 Å². The number of pyridine rings is 1. The Hall–Kier alpha value is -1.46. The van der Waals surface area contributed by atoms with E-state index in [1.54, 1.807) is 37.1 Å². The Morgan fingerprint density at radius 1 is 1.47 bits per heavy atom. The highest BCUT2D eigenvalue weighted by Crippen LogP contribution is 2.18. The van der Waals surface area contributed by atoms with Crippen LogP contribution in [0, 0.1) is 0 Å². The molecule has 2 rings (SSSR count). The number of rotatable bonds is 3. The maximum atomic E-state index is 9.77.